The molecule has 0 atom stereocenters. The first-order valence-corrected chi connectivity index (χ1v) is 8.09. The molecule has 2 heteroatoms. The van der Waals surface area contributed by atoms with Gasteiger partial charge in [0, 0.05) is 28.4 Å². The van der Waals surface area contributed by atoms with Crippen LogP contribution in [0.3, 0.4) is 0 Å². The van der Waals surface area contributed by atoms with E-state index in [2.05, 4.69) is 66.2 Å². The minimum atomic E-state index is 0.776. The number of halogens is 1. The van der Waals surface area contributed by atoms with E-state index in [-0.39, 0.29) is 0 Å². The molecule has 0 bridgehead atoms. The lowest BCUT2D eigenvalue weighted by atomic mass is 9.99. The first kappa shape index (κ1) is 13.0. The summed E-state index contributed by atoms with van der Waals surface area (Å²) in [6, 6.07) is 23.7. The second-order valence-electron chi connectivity index (χ2n) is 6.10. The zero-order chi connectivity index (χ0) is 15.6. The standard InChI is InChI=1S/C21H14ClN/c1-23-19-9-6-15-10-13-4-2-3-5-14(13)11-18(15)21(19)17-8-7-16(22)12-20(17)23/h2-12H,1H3. The summed E-state index contributed by atoms with van der Waals surface area (Å²) in [7, 11) is 2.11. The van der Waals surface area contributed by atoms with Gasteiger partial charge in [0.15, 0.2) is 0 Å². The van der Waals surface area contributed by atoms with Crippen molar-refractivity contribution in [1.29, 1.82) is 0 Å². The lowest BCUT2D eigenvalue weighted by molar-refractivity contribution is 1.01. The monoisotopic (exact) mass is 315 g/mol. The third-order valence-corrected chi connectivity index (χ3v) is 5.05. The molecule has 5 aromatic rings. The molecule has 1 nitrogen and oxygen atoms in total. The lowest BCUT2D eigenvalue weighted by Crippen LogP contribution is -1.86. The van der Waals surface area contributed by atoms with Gasteiger partial charge in [-0.1, -0.05) is 48.0 Å². The summed E-state index contributed by atoms with van der Waals surface area (Å²) >= 11 is 6.20. The number of aryl methyl sites for hydroxylation is 1. The van der Waals surface area contributed by atoms with Crippen LogP contribution in [0.25, 0.3) is 43.4 Å². The third kappa shape index (κ3) is 1.74. The van der Waals surface area contributed by atoms with Crippen molar-refractivity contribution in [2.24, 2.45) is 7.05 Å². The Morgan fingerprint density at radius 2 is 1.48 bits per heavy atom. The first-order valence-electron chi connectivity index (χ1n) is 7.71. The predicted molar refractivity (Wildman–Crippen MR) is 100 cm³/mol. The Morgan fingerprint density at radius 1 is 0.696 bits per heavy atom. The van der Waals surface area contributed by atoms with E-state index in [1.54, 1.807) is 0 Å². The molecule has 0 N–H and O–H groups in total. The van der Waals surface area contributed by atoms with Crippen molar-refractivity contribution in [1.82, 2.24) is 4.57 Å². The van der Waals surface area contributed by atoms with E-state index < -0.39 is 0 Å². The van der Waals surface area contributed by atoms with Crippen LogP contribution in [-0.4, -0.2) is 4.57 Å². The van der Waals surface area contributed by atoms with Crippen LogP contribution in [0.4, 0.5) is 0 Å². The van der Waals surface area contributed by atoms with Crippen LogP contribution in [0.2, 0.25) is 5.02 Å². The van der Waals surface area contributed by atoms with Crippen LogP contribution in [0, 0.1) is 0 Å². The number of hydrogen-bond acceptors (Lipinski definition) is 0. The molecule has 0 unspecified atom stereocenters. The second-order valence-corrected chi connectivity index (χ2v) is 6.54. The predicted octanol–water partition coefficient (Wildman–Crippen LogP) is 6.29. The van der Waals surface area contributed by atoms with E-state index in [1.165, 1.54) is 43.4 Å². The summed E-state index contributed by atoms with van der Waals surface area (Å²) in [6.45, 7) is 0. The maximum absolute atomic E-state index is 6.20. The molecule has 1 aromatic heterocycles. The summed E-state index contributed by atoms with van der Waals surface area (Å²) in [6.07, 6.45) is 0. The van der Waals surface area contributed by atoms with Gasteiger partial charge in [0.2, 0.25) is 0 Å². The van der Waals surface area contributed by atoms with Gasteiger partial charge in [0.1, 0.15) is 0 Å². The Hall–Kier alpha value is -2.51. The van der Waals surface area contributed by atoms with Gasteiger partial charge in [-0.15, -0.1) is 0 Å². The van der Waals surface area contributed by atoms with Crippen LogP contribution in [0.5, 0.6) is 0 Å². The number of aromatic nitrogens is 1. The van der Waals surface area contributed by atoms with Crippen molar-refractivity contribution in [2.45, 2.75) is 0 Å². The number of fused-ring (bicyclic) bond motifs is 6. The van der Waals surface area contributed by atoms with E-state index >= 15 is 0 Å². The van der Waals surface area contributed by atoms with Crippen LogP contribution in [-0.2, 0) is 7.05 Å². The van der Waals surface area contributed by atoms with Crippen molar-refractivity contribution < 1.29 is 0 Å². The number of hydrogen-bond donors (Lipinski definition) is 0. The largest absolute Gasteiger partial charge is 0.344 e. The van der Waals surface area contributed by atoms with Gasteiger partial charge >= 0.3 is 0 Å². The summed E-state index contributed by atoms with van der Waals surface area (Å²) in [5.74, 6) is 0. The molecule has 0 fully saturated rings. The average molecular weight is 316 g/mol. The highest BCUT2D eigenvalue weighted by molar-refractivity contribution is 6.32. The molecule has 110 valence electrons. The van der Waals surface area contributed by atoms with Crippen molar-refractivity contribution in [3.8, 4) is 0 Å². The topological polar surface area (TPSA) is 4.93 Å². The summed E-state index contributed by atoms with van der Waals surface area (Å²) in [5.41, 5.74) is 2.42. The zero-order valence-corrected chi connectivity index (χ0v) is 13.4. The molecule has 0 radical (unpaired) electrons. The fourth-order valence-corrected chi connectivity index (χ4v) is 3.85. The van der Waals surface area contributed by atoms with Gasteiger partial charge in [0.25, 0.3) is 0 Å². The Balaban J connectivity index is 2.08. The highest BCUT2D eigenvalue weighted by Gasteiger charge is 2.12. The molecule has 0 aliphatic carbocycles. The molecule has 5 rings (SSSR count). The van der Waals surface area contributed by atoms with Crippen LogP contribution in [0.15, 0.2) is 66.7 Å². The number of nitrogens with zero attached hydrogens (tertiary/aromatic N) is 1. The fourth-order valence-electron chi connectivity index (χ4n) is 3.69. The van der Waals surface area contributed by atoms with E-state index in [0.717, 1.165) is 5.02 Å². The average Bonchev–Trinajstić information content (AvgIpc) is 2.86. The van der Waals surface area contributed by atoms with Crippen molar-refractivity contribution in [2.75, 3.05) is 0 Å². The molecule has 0 aliphatic rings. The Morgan fingerprint density at radius 3 is 2.30 bits per heavy atom. The molecule has 0 saturated carbocycles. The fraction of sp³-hybridized carbons (Fsp3) is 0.0476. The summed E-state index contributed by atoms with van der Waals surface area (Å²) < 4.78 is 2.23. The van der Waals surface area contributed by atoms with Crippen molar-refractivity contribution in [3.63, 3.8) is 0 Å². The van der Waals surface area contributed by atoms with Gasteiger partial charge in [-0.25, -0.2) is 0 Å². The second kappa shape index (κ2) is 4.50. The van der Waals surface area contributed by atoms with Crippen molar-refractivity contribution >= 4 is 55.0 Å². The molecule has 0 saturated heterocycles. The molecule has 0 aliphatic heterocycles. The van der Waals surface area contributed by atoms with Gasteiger partial charge in [-0.05, 0) is 51.9 Å². The lowest BCUT2D eigenvalue weighted by Gasteiger charge is -2.05. The Labute approximate surface area is 138 Å². The zero-order valence-electron chi connectivity index (χ0n) is 12.7. The molecule has 4 aromatic carbocycles. The van der Waals surface area contributed by atoms with Gasteiger partial charge in [-0.3, -0.25) is 0 Å². The minimum Gasteiger partial charge on any atom is -0.344 e. The van der Waals surface area contributed by atoms with E-state index in [1.807, 2.05) is 12.1 Å². The summed E-state index contributed by atoms with van der Waals surface area (Å²) in [5, 5.41) is 8.47. The van der Waals surface area contributed by atoms with Crippen LogP contribution in [0.1, 0.15) is 0 Å². The Kier molecular flexibility index (Phi) is 2.54. The molecular formula is C21H14ClN. The molecule has 23 heavy (non-hydrogen) atoms. The van der Waals surface area contributed by atoms with E-state index in [0.29, 0.717) is 0 Å². The normalized spacial score (nSPS) is 11.9. The molecular weight excluding hydrogens is 302 g/mol. The SMILES string of the molecule is Cn1c2cc(Cl)ccc2c2c3cc4ccccc4cc3ccc21. The maximum Gasteiger partial charge on any atom is 0.0503 e. The third-order valence-electron chi connectivity index (χ3n) is 4.82. The van der Waals surface area contributed by atoms with Crippen molar-refractivity contribution in [3.05, 3.63) is 71.8 Å². The first-order chi connectivity index (χ1) is 11.2. The summed E-state index contributed by atoms with van der Waals surface area (Å²) in [4.78, 5) is 0. The number of rotatable bonds is 0. The van der Waals surface area contributed by atoms with Gasteiger partial charge in [-0.2, -0.15) is 0 Å². The van der Waals surface area contributed by atoms with Crippen LogP contribution >= 0.6 is 11.6 Å². The smallest absolute Gasteiger partial charge is 0.0503 e. The quantitative estimate of drug-likeness (QED) is 0.296. The molecule has 1 heterocycles. The van der Waals surface area contributed by atoms with Crippen LogP contribution < -0.4 is 0 Å². The van der Waals surface area contributed by atoms with E-state index in [4.69, 9.17) is 11.6 Å². The van der Waals surface area contributed by atoms with Gasteiger partial charge in [0.05, 0.1) is 5.52 Å². The Bertz CT molecular complexity index is 1230. The molecule has 0 spiro atoms. The number of benzene rings is 4. The highest BCUT2D eigenvalue weighted by atomic mass is 35.5. The highest BCUT2D eigenvalue weighted by Crippen LogP contribution is 2.36. The van der Waals surface area contributed by atoms with Gasteiger partial charge < -0.3 is 4.57 Å². The maximum atomic E-state index is 6.20. The minimum absolute atomic E-state index is 0.776. The van der Waals surface area contributed by atoms with E-state index in [9.17, 15) is 0 Å². The molecule has 0 amide bonds.